The number of benzene rings is 1. The highest BCUT2D eigenvalue weighted by Gasteiger charge is 2.13. The molecule has 18 heavy (non-hydrogen) atoms. The van der Waals surface area contributed by atoms with Crippen LogP contribution in [0, 0.1) is 11.3 Å². The summed E-state index contributed by atoms with van der Waals surface area (Å²) in [5.74, 6) is 0.941. The molecule has 0 aliphatic carbocycles. The molecule has 1 heterocycles. The fraction of sp³-hybridized carbons (Fsp3) is 0.154. The lowest BCUT2D eigenvalue weighted by Crippen LogP contribution is -1.95. The van der Waals surface area contributed by atoms with Gasteiger partial charge < -0.3 is 9.47 Å². The van der Waals surface area contributed by atoms with E-state index in [1.54, 1.807) is 24.5 Å². The molecule has 0 radical (unpaired) electrons. The van der Waals surface area contributed by atoms with Crippen LogP contribution in [0.2, 0.25) is 0 Å². The van der Waals surface area contributed by atoms with Crippen LogP contribution in [0.5, 0.6) is 11.5 Å². The Balaban J connectivity index is 2.62. The highest BCUT2D eigenvalue weighted by Crippen LogP contribution is 2.35. The van der Waals surface area contributed by atoms with E-state index in [0.717, 1.165) is 11.1 Å². The fourth-order valence-electron chi connectivity index (χ4n) is 1.66. The van der Waals surface area contributed by atoms with Gasteiger partial charge in [0.05, 0.1) is 19.8 Å². The molecule has 5 nitrogen and oxygen atoms in total. The van der Waals surface area contributed by atoms with Crippen LogP contribution in [0.15, 0.2) is 30.9 Å². The second-order valence-electron chi connectivity index (χ2n) is 3.50. The number of ether oxygens (including phenoxy) is 2. The number of nitrogens with zero attached hydrogens (tertiary/aromatic N) is 3. The van der Waals surface area contributed by atoms with Gasteiger partial charge in [0.2, 0.25) is 0 Å². The Labute approximate surface area is 105 Å². The zero-order valence-corrected chi connectivity index (χ0v) is 10.0. The van der Waals surface area contributed by atoms with Crippen LogP contribution in [-0.2, 0) is 0 Å². The predicted molar refractivity (Wildman–Crippen MR) is 65.3 cm³/mol. The van der Waals surface area contributed by atoms with Crippen molar-refractivity contribution in [3.05, 3.63) is 36.4 Å². The van der Waals surface area contributed by atoms with Crippen LogP contribution in [0.4, 0.5) is 0 Å². The molecule has 0 spiro atoms. The normalized spacial score (nSPS) is 9.61. The third-order valence-electron chi connectivity index (χ3n) is 2.49. The lowest BCUT2D eigenvalue weighted by molar-refractivity contribution is 0.354. The van der Waals surface area contributed by atoms with Crippen molar-refractivity contribution in [3.63, 3.8) is 0 Å². The van der Waals surface area contributed by atoms with Crippen LogP contribution in [0.1, 0.15) is 5.56 Å². The van der Waals surface area contributed by atoms with E-state index >= 15 is 0 Å². The highest BCUT2D eigenvalue weighted by molar-refractivity contribution is 5.69. The summed E-state index contributed by atoms with van der Waals surface area (Å²) >= 11 is 0. The summed E-state index contributed by atoms with van der Waals surface area (Å²) < 4.78 is 10.4. The second-order valence-corrected chi connectivity index (χ2v) is 3.50. The second kappa shape index (κ2) is 5.15. The fourth-order valence-corrected chi connectivity index (χ4v) is 1.66. The number of nitriles is 1. The first-order valence-electron chi connectivity index (χ1n) is 5.21. The summed E-state index contributed by atoms with van der Waals surface area (Å²) in [6.45, 7) is 0. The van der Waals surface area contributed by atoms with E-state index in [1.807, 2.05) is 0 Å². The van der Waals surface area contributed by atoms with Crippen LogP contribution in [-0.4, -0.2) is 24.2 Å². The van der Waals surface area contributed by atoms with Crippen LogP contribution >= 0.6 is 0 Å². The molecule has 1 aromatic heterocycles. The molecule has 0 fully saturated rings. The minimum absolute atomic E-state index is 0.413. The first kappa shape index (κ1) is 11.9. The number of hydrogen-bond acceptors (Lipinski definition) is 5. The molecule has 0 unspecified atom stereocenters. The average molecular weight is 241 g/mol. The first-order valence-corrected chi connectivity index (χ1v) is 5.21. The summed E-state index contributed by atoms with van der Waals surface area (Å²) in [6.07, 6.45) is 4.81. The number of rotatable bonds is 3. The lowest BCUT2D eigenvalue weighted by atomic mass is 10.0. The number of aromatic nitrogens is 2. The standard InChI is InChI=1S/C13H11N3O2/c1-17-12-4-9(11-6-15-8-16-7-11)3-10(5-14)13(12)18-2/h3-4,6-8H,1-2H3. The molecule has 90 valence electrons. The van der Waals surface area contributed by atoms with Crippen molar-refractivity contribution in [1.82, 2.24) is 9.97 Å². The zero-order chi connectivity index (χ0) is 13.0. The van der Waals surface area contributed by atoms with E-state index in [-0.39, 0.29) is 0 Å². The van der Waals surface area contributed by atoms with Crippen molar-refractivity contribution in [2.45, 2.75) is 0 Å². The maximum Gasteiger partial charge on any atom is 0.178 e. The van der Waals surface area contributed by atoms with Gasteiger partial charge in [-0.3, -0.25) is 0 Å². The van der Waals surface area contributed by atoms with Gasteiger partial charge in [-0.05, 0) is 17.7 Å². The topological polar surface area (TPSA) is 68.0 Å². The third kappa shape index (κ3) is 2.09. The van der Waals surface area contributed by atoms with Gasteiger partial charge in [-0.15, -0.1) is 0 Å². The van der Waals surface area contributed by atoms with Crippen LogP contribution < -0.4 is 9.47 Å². The van der Waals surface area contributed by atoms with Gasteiger partial charge in [0.1, 0.15) is 12.4 Å². The molecule has 0 saturated carbocycles. The Kier molecular flexibility index (Phi) is 3.39. The van der Waals surface area contributed by atoms with Gasteiger partial charge in [-0.1, -0.05) is 0 Å². The van der Waals surface area contributed by atoms with Crippen molar-refractivity contribution < 1.29 is 9.47 Å². The largest absolute Gasteiger partial charge is 0.493 e. The smallest absolute Gasteiger partial charge is 0.178 e. The van der Waals surface area contributed by atoms with Crippen LogP contribution in [0.25, 0.3) is 11.1 Å². The van der Waals surface area contributed by atoms with Gasteiger partial charge in [-0.25, -0.2) is 9.97 Å². The molecule has 0 bridgehead atoms. The molecule has 2 aromatic rings. The molecule has 0 aliphatic heterocycles. The molecule has 0 N–H and O–H groups in total. The summed E-state index contributed by atoms with van der Waals surface area (Å²) in [4.78, 5) is 7.90. The molecule has 1 aromatic carbocycles. The van der Waals surface area contributed by atoms with E-state index in [4.69, 9.17) is 14.7 Å². The van der Waals surface area contributed by atoms with E-state index < -0.39 is 0 Å². The quantitative estimate of drug-likeness (QED) is 0.822. The maximum atomic E-state index is 9.12. The van der Waals surface area contributed by atoms with Gasteiger partial charge in [0.15, 0.2) is 11.5 Å². The summed E-state index contributed by atoms with van der Waals surface area (Å²) in [5, 5.41) is 9.12. The Morgan fingerprint density at radius 1 is 1.06 bits per heavy atom. The predicted octanol–water partition coefficient (Wildman–Crippen LogP) is 2.03. The van der Waals surface area contributed by atoms with Gasteiger partial charge in [0.25, 0.3) is 0 Å². The first-order chi connectivity index (χ1) is 8.80. The number of methoxy groups -OCH3 is 2. The van der Waals surface area contributed by atoms with Crippen molar-refractivity contribution in [2.24, 2.45) is 0 Å². The van der Waals surface area contributed by atoms with Crippen molar-refractivity contribution in [3.8, 4) is 28.7 Å². The van der Waals surface area contributed by atoms with Crippen molar-refractivity contribution >= 4 is 0 Å². The highest BCUT2D eigenvalue weighted by atomic mass is 16.5. The van der Waals surface area contributed by atoms with Gasteiger partial charge >= 0.3 is 0 Å². The van der Waals surface area contributed by atoms with Crippen molar-refractivity contribution in [1.29, 1.82) is 5.26 Å². The van der Waals surface area contributed by atoms with Crippen LogP contribution in [0.3, 0.4) is 0 Å². The SMILES string of the molecule is COc1cc(-c2cncnc2)cc(C#N)c1OC. The Morgan fingerprint density at radius 2 is 1.78 bits per heavy atom. The number of hydrogen-bond donors (Lipinski definition) is 0. The summed E-state index contributed by atoms with van der Waals surface area (Å²) in [5.41, 5.74) is 2.04. The Bertz CT molecular complexity index is 591. The molecule has 0 atom stereocenters. The van der Waals surface area contributed by atoms with Crippen molar-refractivity contribution in [2.75, 3.05) is 14.2 Å². The molecule has 0 aliphatic rings. The minimum atomic E-state index is 0.413. The molecular weight excluding hydrogens is 230 g/mol. The van der Waals surface area contributed by atoms with Gasteiger partial charge in [0, 0.05) is 18.0 Å². The monoisotopic (exact) mass is 241 g/mol. The third-order valence-corrected chi connectivity index (χ3v) is 2.49. The molecule has 2 rings (SSSR count). The Morgan fingerprint density at radius 3 is 2.33 bits per heavy atom. The molecule has 0 saturated heterocycles. The minimum Gasteiger partial charge on any atom is -0.493 e. The average Bonchev–Trinajstić information content (AvgIpc) is 2.46. The van der Waals surface area contributed by atoms with Gasteiger partial charge in [-0.2, -0.15) is 5.26 Å². The lowest BCUT2D eigenvalue weighted by Gasteiger charge is -2.11. The van der Waals surface area contributed by atoms with E-state index in [1.165, 1.54) is 20.5 Å². The summed E-state index contributed by atoms with van der Waals surface area (Å²) in [6, 6.07) is 5.60. The van der Waals surface area contributed by atoms with E-state index in [9.17, 15) is 0 Å². The van der Waals surface area contributed by atoms with E-state index in [2.05, 4.69) is 16.0 Å². The Hall–Kier alpha value is -2.61. The molecule has 5 heteroatoms. The molecular formula is C13H11N3O2. The van der Waals surface area contributed by atoms with E-state index in [0.29, 0.717) is 17.1 Å². The maximum absolute atomic E-state index is 9.12. The molecule has 0 amide bonds. The zero-order valence-electron chi connectivity index (χ0n) is 10.0. The summed E-state index contributed by atoms with van der Waals surface area (Å²) in [7, 11) is 3.04.